The number of piperidine rings is 1. The van der Waals surface area contributed by atoms with E-state index in [2.05, 4.69) is 91.7 Å². The van der Waals surface area contributed by atoms with Crippen LogP contribution in [0.1, 0.15) is 35.4 Å². The molecule has 0 bridgehead atoms. The maximum Gasteiger partial charge on any atom is 0.189 e. The third-order valence-electron chi connectivity index (χ3n) is 8.19. The van der Waals surface area contributed by atoms with Crippen molar-refractivity contribution in [3.63, 3.8) is 0 Å². The summed E-state index contributed by atoms with van der Waals surface area (Å²) in [5, 5.41) is 5.85. The Bertz CT molecular complexity index is 1440. The van der Waals surface area contributed by atoms with Gasteiger partial charge < -0.3 is 29.0 Å². The average molecular weight is 628 g/mol. The van der Waals surface area contributed by atoms with Gasteiger partial charge in [-0.05, 0) is 76.8 Å². The lowest BCUT2D eigenvalue weighted by Crippen LogP contribution is -2.40. The highest BCUT2D eigenvalue weighted by molar-refractivity contribution is 6.76. The molecule has 1 aliphatic rings. The third kappa shape index (κ3) is 11.0. The SMILES string of the molecule is C[Si](C)(C)CCOCOc1ccc2ccc(COC3CNCCC3c3ccc(OCCCOCc4ccccc4)cc3)cc2c1. The normalized spacial score (nSPS) is 17.0. The van der Waals surface area contributed by atoms with E-state index in [1.54, 1.807) is 0 Å². The van der Waals surface area contributed by atoms with Gasteiger partial charge in [0.25, 0.3) is 0 Å². The summed E-state index contributed by atoms with van der Waals surface area (Å²) in [5.41, 5.74) is 3.65. The summed E-state index contributed by atoms with van der Waals surface area (Å²) in [6.07, 6.45) is 2.00. The van der Waals surface area contributed by atoms with Crippen molar-refractivity contribution in [2.75, 3.05) is 39.7 Å². The Labute approximate surface area is 270 Å². The van der Waals surface area contributed by atoms with Crippen molar-refractivity contribution in [2.24, 2.45) is 0 Å². The van der Waals surface area contributed by atoms with Gasteiger partial charge in [-0.1, -0.05) is 80.3 Å². The van der Waals surface area contributed by atoms with E-state index >= 15 is 0 Å². The lowest BCUT2D eigenvalue weighted by atomic mass is 9.87. The monoisotopic (exact) mass is 627 g/mol. The van der Waals surface area contributed by atoms with E-state index in [-0.39, 0.29) is 12.9 Å². The molecular formula is C38H49NO5Si. The highest BCUT2D eigenvalue weighted by atomic mass is 28.3. The van der Waals surface area contributed by atoms with Gasteiger partial charge in [-0.3, -0.25) is 0 Å². The summed E-state index contributed by atoms with van der Waals surface area (Å²) in [6.45, 7) is 12.5. The second-order valence-corrected chi connectivity index (χ2v) is 18.7. The Hall–Kier alpha value is -3.20. The molecule has 4 aromatic rings. The molecule has 4 aromatic carbocycles. The van der Waals surface area contributed by atoms with Crippen LogP contribution in [0.5, 0.6) is 11.5 Å². The van der Waals surface area contributed by atoms with Gasteiger partial charge in [0.2, 0.25) is 0 Å². The number of hydrogen-bond acceptors (Lipinski definition) is 6. The molecule has 1 saturated heterocycles. The maximum atomic E-state index is 6.54. The molecule has 1 N–H and O–H groups in total. The zero-order valence-corrected chi connectivity index (χ0v) is 28.1. The van der Waals surface area contributed by atoms with Crippen LogP contribution in [0, 0.1) is 0 Å². The van der Waals surface area contributed by atoms with Crippen LogP contribution in [0.4, 0.5) is 0 Å². The van der Waals surface area contributed by atoms with Crippen LogP contribution in [0.3, 0.4) is 0 Å². The molecule has 2 unspecified atom stereocenters. The van der Waals surface area contributed by atoms with Crippen LogP contribution in [-0.2, 0) is 27.4 Å². The fourth-order valence-electron chi connectivity index (χ4n) is 5.52. The van der Waals surface area contributed by atoms with E-state index in [4.69, 9.17) is 23.7 Å². The molecule has 0 radical (unpaired) electrons. The molecule has 0 aromatic heterocycles. The summed E-state index contributed by atoms with van der Waals surface area (Å²) in [7, 11) is -1.10. The molecule has 45 heavy (non-hydrogen) atoms. The van der Waals surface area contributed by atoms with Crippen molar-refractivity contribution < 1.29 is 23.7 Å². The minimum Gasteiger partial charge on any atom is -0.494 e. The summed E-state index contributed by atoms with van der Waals surface area (Å²) >= 11 is 0. The number of ether oxygens (including phenoxy) is 5. The van der Waals surface area contributed by atoms with Crippen LogP contribution in [0.2, 0.25) is 25.7 Å². The minimum atomic E-state index is -1.10. The summed E-state index contributed by atoms with van der Waals surface area (Å²) in [5.74, 6) is 2.06. The average Bonchev–Trinajstić information content (AvgIpc) is 3.05. The molecule has 0 amide bonds. The molecule has 0 saturated carbocycles. The largest absolute Gasteiger partial charge is 0.494 e. The van der Waals surface area contributed by atoms with Crippen molar-refractivity contribution in [2.45, 2.75) is 63.8 Å². The smallest absolute Gasteiger partial charge is 0.189 e. The van der Waals surface area contributed by atoms with Crippen molar-refractivity contribution in [1.82, 2.24) is 5.32 Å². The molecule has 7 heteroatoms. The lowest BCUT2D eigenvalue weighted by Gasteiger charge is -2.32. The van der Waals surface area contributed by atoms with Crippen molar-refractivity contribution in [3.8, 4) is 11.5 Å². The van der Waals surface area contributed by atoms with Gasteiger partial charge in [0, 0.05) is 33.6 Å². The van der Waals surface area contributed by atoms with E-state index in [0.717, 1.165) is 61.0 Å². The van der Waals surface area contributed by atoms with Crippen LogP contribution in [0.25, 0.3) is 10.8 Å². The van der Waals surface area contributed by atoms with E-state index in [1.807, 2.05) is 24.3 Å². The molecule has 1 aliphatic heterocycles. The van der Waals surface area contributed by atoms with Gasteiger partial charge in [0.1, 0.15) is 11.5 Å². The Morgan fingerprint density at radius 2 is 1.51 bits per heavy atom. The molecule has 2 atom stereocenters. The number of rotatable bonds is 17. The summed E-state index contributed by atoms with van der Waals surface area (Å²) in [6, 6.07) is 32.7. The van der Waals surface area contributed by atoms with Gasteiger partial charge in [-0.2, -0.15) is 0 Å². The lowest BCUT2D eigenvalue weighted by molar-refractivity contribution is 0.0106. The predicted molar refractivity (Wildman–Crippen MR) is 185 cm³/mol. The molecular weight excluding hydrogens is 579 g/mol. The van der Waals surface area contributed by atoms with Crippen LogP contribution < -0.4 is 14.8 Å². The number of nitrogens with one attached hydrogen (secondary N) is 1. The maximum absolute atomic E-state index is 6.54. The van der Waals surface area contributed by atoms with Gasteiger partial charge in [-0.15, -0.1) is 0 Å². The van der Waals surface area contributed by atoms with Crippen LogP contribution in [-0.4, -0.2) is 53.9 Å². The Kier molecular flexibility index (Phi) is 12.5. The van der Waals surface area contributed by atoms with Crippen molar-refractivity contribution in [3.05, 3.63) is 108 Å². The first-order chi connectivity index (χ1) is 21.9. The van der Waals surface area contributed by atoms with Gasteiger partial charge in [-0.25, -0.2) is 0 Å². The first-order valence-corrected chi connectivity index (χ1v) is 20.0. The van der Waals surface area contributed by atoms with Crippen LogP contribution in [0.15, 0.2) is 91.0 Å². The van der Waals surface area contributed by atoms with E-state index in [0.29, 0.717) is 32.3 Å². The number of benzene rings is 4. The van der Waals surface area contributed by atoms with Gasteiger partial charge in [0.15, 0.2) is 6.79 Å². The first-order valence-electron chi connectivity index (χ1n) is 16.3. The molecule has 6 nitrogen and oxygen atoms in total. The third-order valence-corrected chi connectivity index (χ3v) is 9.90. The second kappa shape index (κ2) is 16.9. The molecule has 5 rings (SSSR count). The van der Waals surface area contributed by atoms with Crippen molar-refractivity contribution in [1.29, 1.82) is 0 Å². The first kappa shape index (κ1) is 33.2. The zero-order valence-electron chi connectivity index (χ0n) is 27.1. The second-order valence-electron chi connectivity index (χ2n) is 13.1. The minimum absolute atomic E-state index is 0.103. The Morgan fingerprint density at radius 3 is 2.33 bits per heavy atom. The molecule has 1 heterocycles. The number of hydrogen-bond donors (Lipinski definition) is 1. The fraction of sp³-hybridized carbons (Fsp3) is 0.421. The summed E-state index contributed by atoms with van der Waals surface area (Å²) in [4.78, 5) is 0. The zero-order chi connectivity index (χ0) is 31.3. The molecule has 1 fully saturated rings. The standard InChI is InChI=1S/C38H49NO5Si/c1-45(2,3)23-22-41-29-44-36-17-12-32-11-10-31(24-34(32)25-36)28-43-38-26-39-19-18-37(38)33-13-15-35(16-14-33)42-21-7-20-40-27-30-8-5-4-6-9-30/h4-6,8-17,24-25,37-39H,7,18-23,26-29H2,1-3H3. The topological polar surface area (TPSA) is 58.2 Å². The molecule has 0 aliphatic carbocycles. The van der Waals surface area contributed by atoms with Crippen LogP contribution >= 0.6 is 0 Å². The highest BCUT2D eigenvalue weighted by Gasteiger charge is 2.27. The predicted octanol–water partition coefficient (Wildman–Crippen LogP) is 8.18. The van der Waals surface area contributed by atoms with E-state index in [1.165, 1.54) is 16.5 Å². The van der Waals surface area contributed by atoms with Crippen molar-refractivity contribution >= 4 is 18.8 Å². The molecule has 240 valence electrons. The summed E-state index contributed by atoms with van der Waals surface area (Å²) < 4.78 is 29.9. The van der Waals surface area contributed by atoms with E-state index < -0.39 is 8.07 Å². The quantitative estimate of drug-likeness (QED) is 0.0724. The fourth-order valence-corrected chi connectivity index (χ4v) is 6.27. The Balaban J connectivity index is 1.07. The van der Waals surface area contributed by atoms with Gasteiger partial charge in [0.05, 0.1) is 32.5 Å². The van der Waals surface area contributed by atoms with Gasteiger partial charge >= 0.3 is 0 Å². The highest BCUT2D eigenvalue weighted by Crippen LogP contribution is 2.30. The molecule has 0 spiro atoms. The number of fused-ring (bicyclic) bond motifs is 1. The van der Waals surface area contributed by atoms with E-state index in [9.17, 15) is 0 Å². The Morgan fingerprint density at radius 1 is 0.711 bits per heavy atom.